The molecule has 0 aliphatic carbocycles. The highest BCUT2D eigenvalue weighted by atomic mass is 32.2. The van der Waals surface area contributed by atoms with Crippen LogP contribution in [-0.4, -0.2) is 66.7 Å². The minimum Gasteiger partial charge on any atom is -0.493 e. The number of amides is 1. The third-order valence-electron chi connectivity index (χ3n) is 3.13. The number of nitrogens with one attached hydrogen (secondary N) is 2. The molecule has 1 aromatic rings. The summed E-state index contributed by atoms with van der Waals surface area (Å²) in [5, 5.41) is 30.1. The molecular weight excluding hydrogens is 340 g/mol. The molecule has 1 unspecified atom stereocenters. The van der Waals surface area contributed by atoms with Crippen molar-refractivity contribution in [2.24, 2.45) is 0 Å². The summed E-state index contributed by atoms with van der Waals surface area (Å²) in [6.45, 7) is 1.35. The number of hydrogen-bond donors (Lipinski definition) is 5. The molecule has 136 valence electrons. The second-order valence-electron chi connectivity index (χ2n) is 5.32. The quantitative estimate of drug-likeness (QED) is 0.274. The molecule has 5 N–H and O–H groups in total. The first kappa shape index (κ1) is 20.3. The molecule has 0 bridgehead atoms. The van der Waals surface area contributed by atoms with Gasteiger partial charge in [-0.3, -0.25) is 4.79 Å². The van der Waals surface area contributed by atoms with Gasteiger partial charge in [-0.2, -0.15) is 5.48 Å². The fraction of sp³-hybridized carbons (Fsp3) is 0.500. The van der Waals surface area contributed by atoms with Crippen LogP contribution in [0.15, 0.2) is 24.3 Å². The normalized spacial score (nSPS) is 15.4. The summed E-state index contributed by atoms with van der Waals surface area (Å²) in [4.78, 5) is 12.1. The number of benzene rings is 1. The molecule has 0 saturated heterocycles. The summed E-state index contributed by atoms with van der Waals surface area (Å²) in [5.41, 5.74) is 1.80. The lowest BCUT2D eigenvalue weighted by Gasteiger charge is -2.25. The van der Waals surface area contributed by atoms with Gasteiger partial charge in [-0.25, -0.2) is 8.42 Å². The molecule has 1 rings (SSSR count). The van der Waals surface area contributed by atoms with Gasteiger partial charge in [0.1, 0.15) is 18.6 Å². The zero-order chi connectivity index (χ0) is 18.3. The predicted octanol–water partition coefficient (Wildman–Crippen LogP) is -1.11. The van der Waals surface area contributed by atoms with E-state index in [1.807, 2.05) is 0 Å². The van der Waals surface area contributed by atoms with Crippen molar-refractivity contribution in [2.45, 2.75) is 25.3 Å². The molecule has 0 aliphatic heterocycles. The molecular formula is C14H22N2O7S. The second-order valence-corrected chi connectivity index (χ2v) is 7.58. The lowest BCUT2D eigenvalue weighted by molar-refractivity contribution is -0.0463. The smallest absolute Gasteiger partial charge is 0.251 e. The van der Waals surface area contributed by atoms with Gasteiger partial charge in [0.05, 0.1) is 17.9 Å². The molecule has 0 heterocycles. The minimum absolute atomic E-state index is 0.00282. The van der Waals surface area contributed by atoms with Crippen molar-refractivity contribution in [1.82, 2.24) is 10.8 Å². The molecule has 0 spiro atoms. The zero-order valence-corrected chi connectivity index (χ0v) is 14.2. The summed E-state index contributed by atoms with van der Waals surface area (Å²) in [6, 6.07) is 4.77. The average Bonchev–Trinajstić information content (AvgIpc) is 2.50. The van der Waals surface area contributed by atoms with E-state index in [9.17, 15) is 23.4 Å². The van der Waals surface area contributed by atoms with Gasteiger partial charge in [-0.05, 0) is 31.2 Å². The molecule has 1 amide bonds. The fourth-order valence-electron chi connectivity index (χ4n) is 1.79. The summed E-state index contributed by atoms with van der Waals surface area (Å²) in [6.07, 6.45) is -1.53. The number of sulfone groups is 1. The average molecular weight is 362 g/mol. The van der Waals surface area contributed by atoms with Crippen LogP contribution in [0.3, 0.4) is 0 Å². The second kappa shape index (κ2) is 8.94. The van der Waals surface area contributed by atoms with Crippen molar-refractivity contribution in [3.8, 4) is 5.75 Å². The van der Waals surface area contributed by atoms with E-state index in [-0.39, 0.29) is 17.9 Å². The number of carbonyl (C=O) groups is 1. The summed E-state index contributed by atoms with van der Waals surface area (Å²) >= 11 is 0. The van der Waals surface area contributed by atoms with E-state index in [2.05, 4.69) is 5.32 Å². The van der Waals surface area contributed by atoms with E-state index in [1.165, 1.54) is 31.2 Å². The van der Waals surface area contributed by atoms with Gasteiger partial charge >= 0.3 is 0 Å². The van der Waals surface area contributed by atoms with Crippen LogP contribution in [0.1, 0.15) is 17.3 Å². The number of hydroxylamine groups is 1. The predicted molar refractivity (Wildman–Crippen MR) is 85.5 cm³/mol. The zero-order valence-electron chi connectivity index (χ0n) is 13.3. The van der Waals surface area contributed by atoms with Crippen LogP contribution >= 0.6 is 0 Å². The van der Waals surface area contributed by atoms with Gasteiger partial charge in [0.2, 0.25) is 0 Å². The van der Waals surface area contributed by atoms with Crippen molar-refractivity contribution in [1.29, 1.82) is 0 Å². The van der Waals surface area contributed by atoms with Crippen molar-refractivity contribution in [3.05, 3.63) is 29.8 Å². The maximum atomic E-state index is 12.1. The summed E-state index contributed by atoms with van der Waals surface area (Å²) in [5.74, 6) is -0.283. The number of aliphatic hydroxyl groups is 2. The fourth-order valence-corrected chi connectivity index (χ4v) is 2.18. The maximum Gasteiger partial charge on any atom is 0.251 e. The van der Waals surface area contributed by atoms with Crippen LogP contribution in [0.5, 0.6) is 5.75 Å². The molecule has 3 atom stereocenters. The highest BCUT2D eigenvalue weighted by Gasteiger charge is 2.25. The maximum absolute atomic E-state index is 12.1. The van der Waals surface area contributed by atoms with E-state index in [0.717, 1.165) is 6.26 Å². The SMILES string of the molecule is C[C@@H](O)[C@H](NC(=O)c1ccc(OCCS(C)(=O)=O)cc1)C(O)NO. The van der Waals surface area contributed by atoms with Crippen LogP contribution < -0.4 is 15.5 Å². The Kier molecular flexibility index (Phi) is 7.58. The van der Waals surface area contributed by atoms with Crippen LogP contribution in [0.25, 0.3) is 0 Å². The van der Waals surface area contributed by atoms with Crippen molar-refractivity contribution in [3.63, 3.8) is 0 Å². The molecule has 0 fully saturated rings. The Morgan fingerprint density at radius 3 is 2.29 bits per heavy atom. The van der Waals surface area contributed by atoms with E-state index >= 15 is 0 Å². The van der Waals surface area contributed by atoms with Crippen LogP contribution in [0, 0.1) is 0 Å². The molecule has 0 radical (unpaired) electrons. The number of ether oxygens (including phenoxy) is 1. The van der Waals surface area contributed by atoms with E-state index in [1.54, 1.807) is 5.48 Å². The van der Waals surface area contributed by atoms with E-state index in [4.69, 9.17) is 9.94 Å². The Bertz CT molecular complexity index is 631. The lowest BCUT2D eigenvalue weighted by atomic mass is 10.1. The third-order valence-corrected chi connectivity index (χ3v) is 4.04. The first-order valence-corrected chi connectivity index (χ1v) is 9.17. The molecule has 0 aliphatic rings. The van der Waals surface area contributed by atoms with Crippen LogP contribution in [-0.2, 0) is 9.84 Å². The Balaban J connectivity index is 2.65. The molecule has 9 nitrogen and oxygen atoms in total. The van der Waals surface area contributed by atoms with Gasteiger partial charge in [0.25, 0.3) is 5.91 Å². The number of aliphatic hydroxyl groups excluding tert-OH is 2. The van der Waals surface area contributed by atoms with E-state index in [0.29, 0.717) is 5.75 Å². The number of carbonyl (C=O) groups excluding carboxylic acids is 1. The van der Waals surface area contributed by atoms with Gasteiger partial charge in [0.15, 0.2) is 9.84 Å². The highest BCUT2D eigenvalue weighted by molar-refractivity contribution is 7.90. The first-order chi connectivity index (χ1) is 11.1. The van der Waals surface area contributed by atoms with Crippen molar-refractivity contribution < 1.29 is 33.4 Å². The largest absolute Gasteiger partial charge is 0.493 e. The lowest BCUT2D eigenvalue weighted by Crippen LogP contribution is -2.54. The topological polar surface area (TPSA) is 145 Å². The van der Waals surface area contributed by atoms with Gasteiger partial charge in [-0.15, -0.1) is 0 Å². The van der Waals surface area contributed by atoms with Crippen molar-refractivity contribution >= 4 is 15.7 Å². The Labute approximate surface area is 140 Å². The monoisotopic (exact) mass is 362 g/mol. The first-order valence-electron chi connectivity index (χ1n) is 7.11. The van der Waals surface area contributed by atoms with E-state index < -0.39 is 34.1 Å². The Hall–Kier alpha value is -1.72. The highest BCUT2D eigenvalue weighted by Crippen LogP contribution is 2.13. The van der Waals surface area contributed by atoms with Gasteiger partial charge in [-0.1, -0.05) is 0 Å². The summed E-state index contributed by atoms with van der Waals surface area (Å²) in [7, 11) is -3.11. The standard InChI is InChI=1S/C14H22N2O7S/c1-9(17)12(14(19)16-20)15-13(18)10-3-5-11(6-4-10)23-7-8-24(2,21)22/h3-6,9,12,14,16-17,19-20H,7-8H2,1-2H3,(H,15,18)/t9-,12+,14?/m1/s1. The van der Waals surface area contributed by atoms with Crippen molar-refractivity contribution in [2.75, 3.05) is 18.6 Å². The number of rotatable bonds is 9. The molecule has 10 heteroatoms. The third kappa shape index (κ3) is 6.81. The minimum atomic E-state index is -3.11. The Morgan fingerprint density at radius 2 is 1.83 bits per heavy atom. The molecule has 0 aromatic heterocycles. The molecule has 1 aromatic carbocycles. The van der Waals surface area contributed by atoms with Crippen LogP contribution in [0.4, 0.5) is 0 Å². The van der Waals surface area contributed by atoms with Crippen LogP contribution in [0.2, 0.25) is 0 Å². The van der Waals surface area contributed by atoms with Gasteiger partial charge < -0.3 is 25.5 Å². The van der Waals surface area contributed by atoms with Gasteiger partial charge in [0, 0.05) is 11.8 Å². The summed E-state index contributed by atoms with van der Waals surface area (Å²) < 4.78 is 27.3. The molecule has 24 heavy (non-hydrogen) atoms. The Morgan fingerprint density at radius 1 is 1.25 bits per heavy atom. The molecule has 0 saturated carbocycles. The number of hydrogen-bond acceptors (Lipinski definition) is 8.